The van der Waals surface area contributed by atoms with Gasteiger partial charge in [-0.15, -0.1) is 0 Å². The number of carbonyl (C=O) groups excluding carboxylic acids is 2. The largest absolute Gasteiger partial charge is 0.478 e. The quantitative estimate of drug-likeness (QED) is 0.499. The van der Waals surface area contributed by atoms with Gasteiger partial charge < -0.3 is 14.9 Å². The van der Waals surface area contributed by atoms with Crippen LogP contribution in [0.15, 0.2) is 53.5 Å². The minimum Gasteiger partial charge on any atom is -0.478 e. The molecule has 0 saturated heterocycles. The van der Waals surface area contributed by atoms with Crippen molar-refractivity contribution in [1.29, 1.82) is 0 Å². The van der Waals surface area contributed by atoms with Crippen LogP contribution in [0.3, 0.4) is 0 Å². The van der Waals surface area contributed by atoms with Crippen molar-refractivity contribution in [3.8, 4) is 0 Å². The summed E-state index contributed by atoms with van der Waals surface area (Å²) in [5, 5.41) is 16.1. The first-order valence-corrected chi connectivity index (χ1v) is 8.90. The predicted octanol–water partition coefficient (Wildman–Crippen LogP) is 0.864. The standard InChI is InChI=1S/C7H5NO3S.C6H10O3.C4H6O2/c9-7-5-3-1-2-4-6(5)12(10,11)8-7;1-5(2)6(8)9-4-3-7;1-3(2)4(5)6/h1-4H,(H,8,9);7H,1,3-4H2,2H3;1H2,2H3,(H,5,6). The lowest BCUT2D eigenvalue weighted by atomic mass is 10.2. The van der Waals surface area contributed by atoms with Crippen molar-refractivity contribution in [1.82, 2.24) is 4.72 Å². The van der Waals surface area contributed by atoms with Crippen LogP contribution in [0.1, 0.15) is 24.2 Å². The molecule has 0 atom stereocenters. The zero-order valence-electron chi connectivity index (χ0n) is 14.9. The van der Waals surface area contributed by atoms with E-state index in [0.717, 1.165) is 0 Å². The Morgan fingerprint density at radius 3 is 2.07 bits per heavy atom. The second kappa shape index (κ2) is 10.9. The van der Waals surface area contributed by atoms with Gasteiger partial charge in [-0.2, -0.15) is 0 Å². The van der Waals surface area contributed by atoms with E-state index in [9.17, 15) is 22.8 Å². The van der Waals surface area contributed by atoms with Gasteiger partial charge >= 0.3 is 11.9 Å². The number of rotatable bonds is 4. The summed E-state index contributed by atoms with van der Waals surface area (Å²) in [7, 11) is -3.55. The van der Waals surface area contributed by atoms with Gasteiger partial charge in [-0.05, 0) is 26.0 Å². The van der Waals surface area contributed by atoms with E-state index in [0.29, 0.717) is 5.57 Å². The molecule has 0 aromatic heterocycles. The number of carbonyl (C=O) groups is 3. The van der Waals surface area contributed by atoms with E-state index >= 15 is 0 Å². The van der Waals surface area contributed by atoms with E-state index < -0.39 is 27.9 Å². The van der Waals surface area contributed by atoms with Crippen LogP contribution in [0.25, 0.3) is 0 Å². The van der Waals surface area contributed by atoms with Gasteiger partial charge in [-0.3, -0.25) is 4.79 Å². The zero-order valence-corrected chi connectivity index (χ0v) is 15.7. The molecule has 1 aliphatic rings. The van der Waals surface area contributed by atoms with E-state index in [1.165, 1.54) is 19.1 Å². The van der Waals surface area contributed by atoms with Gasteiger partial charge in [-0.1, -0.05) is 25.3 Å². The molecule has 148 valence electrons. The number of benzene rings is 1. The van der Waals surface area contributed by atoms with Gasteiger partial charge in [0, 0.05) is 11.1 Å². The number of carboxylic acid groups (broad SMARTS) is 1. The molecule has 1 amide bonds. The van der Waals surface area contributed by atoms with Crippen molar-refractivity contribution in [3.63, 3.8) is 0 Å². The minimum absolute atomic E-state index is 0.0473. The van der Waals surface area contributed by atoms with Crippen LogP contribution in [0.4, 0.5) is 0 Å². The van der Waals surface area contributed by atoms with E-state index in [-0.39, 0.29) is 29.2 Å². The lowest BCUT2D eigenvalue weighted by Gasteiger charge is -1.99. The van der Waals surface area contributed by atoms with Gasteiger partial charge in [0.15, 0.2) is 0 Å². The molecular formula is C17H21NO8S. The highest BCUT2D eigenvalue weighted by Crippen LogP contribution is 2.20. The summed E-state index contributed by atoms with van der Waals surface area (Å²) in [6.45, 7) is 9.42. The number of aliphatic hydroxyl groups excluding tert-OH is 1. The molecule has 9 nitrogen and oxygen atoms in total. The number of hydrogen-bond acceptors (Lipinski definition) is 7. The second-order valence-corrected chi connectivity index (χ2v) is 6.81. The first kappa shape index (κ1) is 24.0. The molecule has 27 heavy (non-hydrogen) atoms. The molecule has 0 saturated carbocycles. The Labute approximate surface area is 157 Å². The number of aliphatic carboxylic acids is 1. The van der Waals surface area contributed by atoms with Crippen molar-refractivity contribution in [3.05, 3.63) is 54.1 Å². The van der Waals surface area contributed by atoms with Crippen LogP contribution in [-0.4, -0.2) is 49.7 Å². The molecule has 1 aromatic rings. The average Bonchev–Trinajstić information content (AvgIpc) is 2.83. The first-order valence-electron chi connectivity index (χ1n) is 7.42. The molecule has 0 spiro atoms. The summed E-state index contributed by atoms with van der Waals surface area (Å²) in [5.74, 6) is -1.94. The molecule has 0 radical (unpaired) electrons. The lowest BCUT2D eigenvalue weighted by Crippen LogP contribution is -2.20. The second-order valence-electron chi connectivity index (χ2n) is 5.16. The van der Waals surface area contributed by atoms with E-state index in [4.69, 9.17) is 10.2 Å². The fraction of sp³-hybridized carbons (Fsp3) is 0.235. The van der Waals surface area contributed by atoms with Crippen LogP contribution in [-0.2, 0) is 24.3 Å². The Hall–Kier alpha value is -2.98. The summed E-state index contributed by atoms with van der Waals surface area (Å²) in [6, 6.07) is 6.09. The Bertz CT molecular complexity index is 830. The average molecular weight is 399 g/mol. The Morgan fingerprint density at radius 2 is 1.67 bits per heavy atom. The highest BCUT2D eigenvalue weighted by molar-refractivity contribution is 7.90. The molecule has 2 rings (SSSR count). The number of hydrogen-bond donors (Lipinski definition) is 3. The van der Waals surface area contributed by atoms with Crippen LogP contribution in [0, 0.1) is 0 Å². The number of nitrogens with one attached hydrogen (secondary N) is 1. The number of aliphatic hydroxyl groups is 1. The van der Waals surface area contributed by atoms with Crippen LogP contribution in [0.2, 0.25) is 0 Å². The molecule has 1 aliphatic heterocycles. The summed E-state index contributed by atoms with van der Waals surface area (Å²) in [5.41, 5.74) is 0.746. The monoisotopic (exact) mass is 399 g/mol. The Balaban J connectivity index is 0.000000403. The number of amides is 1. The third-order valence-corrected chi connectivity index (χ3v) is 4.08. The van der Waals surface area contributed by atoms with Crippen molar-refractivity contribution >= 4 is 27.9 Å². The van der Waals surface area contributed by atoms with Crippen molar-refractivity contribution in [2.24, 2.45) is 0 Å². The SMILES string of the molecule is C=C(C)C(=O)O.C=C(C)C(=O)OCCO.O=C1NS(=O)(=O)c2ccccc21. The third-order valence-electron chi connectivity index (χ3n) is 2.69. The topological polar surface area (TPSA) is 147 Å². The number of sulfonamides is 1. The highest BCUT2D eigenvalue weighted by atomic mass is 32.2. The van der Waals surface area contributed by atoms with Crippen LogP contribution >= 0.6 is 0 Å². The maximum Gasteiger partial charge on any atom is 0.333 e. The minimum atomic E-state index is -3.55. The number of fused-ring (bicyclic) bond motifs is 1. The number of esters is 1. The molecular weight excluding hydrogens is 378 g/mol. The third kappa shape index (κ3) is 8.29. The fourth-order valence-electron chi connectivity index (χ4n) is 1.38. The normalized spacial score (nSPS) is 12.8. The van der Waals surface area contributed by atoms with Gasteiger partial charge in [0.1, 0.15) is 11.5 Å². The maximum atomic E-state index is 11.1. The van der Waals surface area contributed by atoms with E-state index in [2.05, 4.69) is 17.9 Å². The summed E-state index contributed by atoms with van der Waals surface area (Å²) in [6.07, 6.45) is 0. The Kier molecular flexibility index (Phi) is 9.69. The van der Waals surface area contributed by atoms with E-state index in [1.54, 1.807) is 19.1 Å². The van der Waals surface area contributed by atoms with Gasteiger partial charge in [0.25, 0.3) is 15.9 Å². The lowest BCUT2D eigenvalue weighted by molar-refractivity contribution is -0.140. The smallest absolute Gasteiger partial charge is 0.333 e. The van der Waals surface area contributed by atoms with Gasteiger partial charge in [-0.25, -0.2) is 22.7 Å². The summed E-state index contributed by atoms with van der Waals surface area (Å²) < 4.78 is 28.6. The van der Waals surface area contributed by atoms with Gasteiger partial charge in [0.2, 0.25) is 0 Å². The van der Waals surface area contributed by atoms with Crippen LogP contribution < -0.4 is 4.72 Å². The molecule has 3 N–H and O–H groups in total. The molecule has 0 unspecified atom stereocenters. The van der Waals surface area contributed by atoms with Crippen molar-refractivity contribution < 1.29 is 37.8 Å². The molecule has 0 bridgehead atoms. The van der Waals surface area contributed by atoms with E-state index in [1.807, 2.05) is 4.72 Å². The number of ether oxygens (including phenoxy) is 1. The molecule has 1 aromatic carbocycles. The Morgan fingerprint density at radius 1 is 1.15 bits per heavy atom. The molecule has 1 heterocycles. The van der Waals surface area contributed by atoms with Gasteiger partial charge in [0.05, 0.1) is 12.2 Å². The molecule has 10 heteroatoms. The fourth-order valence-corrected chi connectivity index (χ4v) is 2.55. The van der Waals surface area contributed by atoms with Crippen molar-refractivity contribution in [2.45, 2.75) is 18.7 Å². The van der Waals surface area contributed by atoms with Crippen molar-refractivity contribution in [2.75, 3.05) is 13.2 Å². The maximum absolute atomic E-state index is 11.1. The first-order chi connectivity index (χ1) is 12.4. The zero-order chi connectivity index (χ0) is 21.2. The summed E-state index contributed by atoms with van der Waals surface area (Å²) >= 11 is 0. The summed E-state index contributed by atoms with van der Waals surface area (Å²) in [4.78, 5) is 31.1. The predicted molar refractivity (Wildman–Crippen MR) is 96.4 cm³/mol. The highest BCUT2D eigenvalue weighted by Gasteiger charge is 2.31. The molecule has 0 fully saturated rings. The van der Waals surface area contributed by atoms with Crippen LogP contribution in [0.5, 0.6) is 0 Å². The number of carboxylic acids is 1. The molecule has 0 aliphatic carbocycles.